The van der Waals surface area contributed by atoms with E-state index in [9.17, 15) is 14.0 Å². The lowest BCUT2D eigenvalue weighted by Gasteiger charge is -2.19. The first-order chi connectivity index (χ1) is 12.5. The zero-order valence-corrected chi connectivity index (χ0v) is 14.0. The van der Waals surface area contributed by atoms with E-state index in [1.807, 2.05) is 0 Å². The molecule has 1 unspecified atom stereocenters. The van der Waals surface area contributed by atoms with Crippen LogP contribution in [0.25, 0.3) is 0 Å². The first-order valence-corrected chi connectivity index (χ1v) is 7.95. The van der Waals surface area contributed by atoms with Gasteiger partial charge in [-0.2, -0.15) is 0 Å². The van der Waals surface area contributed by atoms with Crippen LogP contribution in [0.5, 0.6) is 17.2 Å². The van der Waals surface area contributed by atoms with Gasteiger partial charge in [0, 0.05) is 5.56 Å². The molecule has 1 aliphatic heterocycles. The third kappa shape index (κ3) is 4.21. The molecule has 7 nitrogen and oxygen atoms in total. The number of amides is 2. The summed E-state index contributed by atoms with van der Waals surface area (Å²) in [4.78, 5) is 24.2. The van der Waals surface area contributed by atoms with E-state index in [1.54, 1.807) is 12.1 Å². The van der Waals surface area contributed by atoms with Crippen molar-refractivity contribution < 1.29 is 28.2 Å². The average molecular weight is 360 g/mol. The first-order valence-electron chi connectivity index (χ1n) is 7.95. The topological polar surface area (TPSA) is 85.9 Å². The molecular weight excluding hydrogens is 343 g/mol. The van der Waals surface area contributed by atoms with Crippen molar-refractivity contribution in [2.24, 2.45) is 0 Å². The molecule has 26 heavy (non-hydrogen) atoms. The maximum Gasteiger partial charge on any atom is 0.279 e. The fourth-order valence-electron chi connectivity index (χ4n) is 2.25. The van der Waals surface area contributed by atoms with Crippen LogP contribution in [0, 0.1) is 5.82 Å². The maximum atomic E-state index is 12.9. The molecule has 0 saturated heterocycles. The van der Waals surface area contributed by atoms with Gasteiger partial charge in [-0.15, -0.1) is 0 Å². The minimum atomic E-state index is -0.888. The normalized spacial score (nSPS) is 13.5. The second-order valence-corrected chi connectivity index (χ2v) is 5.52. The van der Waals surface area contributed by atoms with Crippen LogP contribution in [0.3, 0.4) is 0 Å². The van der Waals surface area contributed by atoms with Crippen molar-refractivity contribution in [3.63, 3.8) is 0 Å². The van der Waals surface area contributed by atoms with Gasteiger partial charge in [-0.3, -0.25) is 20.4 Å². The molecular formula is C18H17FN2O5. The van der Waals surface area contributed by atoms with Crippen LogP contribution < -0.4 is 25.1 Å². The summed E-state index contributed by atoms with van der Waals surface area (Å²) in [6.45, 7) is 2.38. The second kappa shape index (κ2) is 7.73. The summed E-state index contributed by atoms with van der Waals surface area (Å²) < 4.78 is 29.0. The van der Waals surface area contributed by atoms with E-state index < -0.39 is 23.7 Å². The Kier molecular flexibility index (Phi) is 5.21. The third-order valence-electron chi connectivity index (χ3n) is 3.60. The Morgan fingerprint density at radius 1 is 1.04 bits per heavy atom. The summed E-state index contributed by atoms with van der Waals surface area (Å²) in [5.74, 6) is -0.0840. The van der Waals surface area contributed by atoms with E-state index in [-0.39, 0.29) is 0 Å². The standard InChI is InChI=1S/C18H17FN2O5/c1-11(26-14-5-3-13(19)4-6-14)17(22)20-21-18(23)12-2-7-15-16(10-12)25-9-8-24-15/h2-7,10-11H,8-9H2,1H3,(H,20,22)(H,21,23). The Balaban J connectivity index is 1.53. The van der Waals surface area contributed by atoms with Crippen molar-refractivity contribution in [1.82, 2.24) is 10.9 Å². The molecule has 0 spiro atoms. The van der Waals surface area contributed by atoms with Crippen molar-refractivity contribution in [3.8, 4) is 17.2 Å². The molecule has 0 aliphatic carbocycles. The number of fused-ring (bicyclic) bond motifs is 1. The molecule has 8 heteroatoms. The molecule has 136 valence electrons. The number of benzene rings is 2. The highest BCUT2D eigenvalue weighted by atomic mass is 19.1. The maximum absolute atomic E-state index is 12.9. The van der Waals surface area contributed by atoms with E-state index >= 15 is 0 Å². The van der Waals surface area contributed by atoms with Crippen molar-refractivity contribution in [2.45, 2.75) is 13.0 Å². The molecule has 0 aromatic heterocycles. The smallest absolute Gasteiger partial charge is 0.279 e. The number of rotatable bonds is 4. The summed E-state index contributed by atoms with van der Waals surface area (Å²) >= 11 is 0. The van der Waals surface area contributed by atoms with Crippen molar-refractivity contribution in [2.75, 3.05) is 13.2 Å². The molecule has 2 aromatic carbocycles. The highest BCUT2D eigenvalue weighted by Crippen LogP contribution is 2.30. The minimum absolute atomic E-state index is 0.307. The molecule has 2 N–H and O–H groups in total. The molecule has 1 aliphatic rings. The first kappa shape index (κ1) is 17.5. The van der Waals surface area contributed by atoms with Gasteiger partial charge in [0.05, 0.1) is 0 Å². The molecule has 2 aromatic rings. The Hall–Kier alpha value is -3.29. The van der Waals surface area contributed by atoms with Gasteiger partial charge in [0.2, 0.25) is 0 Å². The van der Waals surface area contributed by atoms with Crippen molar-refractivity contribution >= 4 is 11.8 Å². The summed E-state index contributed by atoms with van der Waals surface area (Å²) in [6.07, 6.45) is -0.888. The zero-order chi connectivity index (χ0) is 18.5. The predicted molar refractivity (Wildman–Crippen MR) is 89.5 cm³/mol. The SMILES string of the molecule is CC(Oc1ccc(F)cc1)C(=O)NNC(=O)c1ccc2c(c1)OCCO2. The second-order valence-electron chi connectivity index (χ2n) is 5.52. The largest absolute Gasteiger partial charge is 0.486 e. The van der Waals surface area contributed by atoms with Gasteiger partial charge in [0.15, 0.2) is 17.6 Å². The summed E-state index contributed by atoms with van der Waals surface area (Å²) in [7, 11) is 0. The minimum Gasteiger partial charge on any atom is -0.486 e. The van der Waals surface area contributed by atoms with E-state index in [1.165, 1.54) is 37.3 Å². The quantitative estimate of drug-likeness (QED) is 0.813. The molecule has 0 bridgehead atoms. The van der Waals surface area contributed by atoms with Gasteiger partial charge in [0.25, 0.3) is 11.8 Å². The van der Waals surface area contributed by atoms with Crippen LogP contribution in [-0.4, -0.2) is 31.1 Å². The lowest BCUT2D eigenvalue weighted by molar-refractivity contribution is -0.128. The van der Waals surface area contributed by atoms with Crippen LogP contribution in [-0.2, 0) is 4.79 Å². The predicted octanol–water partition coefficient (Wildman–Crippen LogP) is 1.83. The van der Waals surface area contributed by atoms with Gasteiger partial charge in [-0.25, -0.2) is 4.39 Å². The Morgan fingerprint density at radius 3 is 2.46 bits per heavy atom. The van der Waals surface area contributed by atoms with Crippen LogP contribution in [0.4, 0.5) is 4.39 Å². The molecule has 0 fully saturated rings. The number of hydrogen-bond acceptors (Lipinski definition) is 5. The number of ether oxygens (including phenoxy) is 3. The molecule has 1 heterocycles. The highest BCUT2D eigenvalue weighted by Gasteiger charge is 2.18. The lowest BCUT2D eigenvalue weighted by atomic mass is 10.2. The average Bonchev–Trinajstić information content (AvgIpc) is 2.67. The number of nitrogens with one attached hydrogen (secondary N) is 2. The highest BCUT2D eigenvalue weighted by molar-refractivity contribution is 5.96. The van der Waals surface area contributed by atoms with Gasteiger partial charge in [-0.1, -0.05) is 0 Å². The Morgan fingerprint density at radius 2 is 1.73 bits per heavy atom. The fraction of sp³-hybridized carbons (Fsp3) is 0.222. The monoisotopic (exact) mass is 360 g/mol. The van der Waals surface area contributed by atoms with Crippen LogP contribution in [0.2, 0.25) is 0 Å². The fourth-order valence-corrected chi connectivity index (χ4v) is 2.25. The van der Waals surface area contributed by atoms with E-state index in [4.69, 9.17) is 14.2 Å². The lowest BCUT2D eigenvalue weighted by Crippen LogP contribution is -2.47. The number of halogens is 1. The number of carbonyl (C=O) groups is 2. The molecule has 2 amide bonds. The van der Waals surface area contributed by atoms with Crippen molar-refractivity contribution in [1.29, 1.82) is 0 Å². The number of hydrazine groups is 1. The van der Waals surface area contributed by atoms with Crippen LogP contribution in [0.15, 0.2) is 42.5 Å². The van der Waals surface area contributed by atoms with Crippen LogP contribution >= 0.6 is 0 Å². The Bertz CT molecular complexity index is 810. The van der Waals surface area contributed by atoms with Crippen molar-refractivity contribution in [3.05, 3.63) is 53.8 Å². The molecule has 0 saturated carbocycles. The Labute approximate surface area is 149 Å². The third-order valence-corrected chi connectivity index (χ3v) is 3.60. The molecule has 0 radical (unpaired) electrons. The van der Waals surface area contributed by atoms with Crippen LogP contribution in [0.1, 0.15) is 17.3 Å². The van der Waals surface area contributed by atoms with Gasteiger partial charge in [0.1, 0.15) is 24.8 Å². The zero-order valence-electron chi connectivity index (χ0n) is 14.0. The van der Waals surface area contributed by atoms with E-state index in [2.05, 4.69) is 10.9 Å². The van der Waals surface area contributed by atoms with Gasteiger partial charge >= 0.3 is 0 Å². The van der Waals surface area contributed by atoms with Gasteiger partial charge < -0.3 is 14.2 Å². The molecule has 3 rings (SSSR count). The molecule has 1 atom stereocenters. The summed E-state index contributed by atoms with van der Waals surface area (Å²) in [5.41, 5.74) is 4.90. The van der Waals surface area contributed by atoms with E-state index in [0.29, 0.717) is 36.0 Å². The number of carbonyl (C=O) groups excluding carboxylic acids is 2. The number of hydrogen-bond donors (Lipinski definition) is 2. The van der Waals surface area contributed by atoms with Gasteiger partial charge in [-0.05, 0) is 49.4 Å². The summed E-state index contributed by atoms with van der Waals surface area (Å²) in [5, 5.41) is 0. The van der Waals surface area contributed by atoms with E-state index in [0.717, 1.165) is 0 Å². The summed E-state index contributed by atoms with van der Waals surface area (Å²) in [6, 6.07) is 10.0.